The molecule has 0 fully saturated rings. The van der Waals surface area contributed by atoms with E-state index in [4.69, 9.17) is 17.3 Å². The highest BCUT2D eigenvalue weighted by Crippen LogP contribution is 2.18. The highest BCUT2D eigenvalue weighted by atomic mass is 35.5. The molecule has 0 aliphatic carbocycles. The molecule has 2 rings (SSSR count). The van der Waals surface area contributed by atoms with Crippen molar-refractivity contribution >= 4 is 11.6 Å². The van der Waals surface area contributed by atoms with E-state index in [1.54, 1.807) is 10.7 Å². The van der Waals surface area contributed by atoms with Crippen molar-refractivity contribution in [3.63, 3.8) is 0 Å². The van der Waals surface area contributed by atoms with Crippen molar-refractivity contribution in [2.24, 2.45) is 5.73 Å². The Labute approximate surface area is 91.8 Å². The smallest absolute Gasteiger partial charge is 0.170 e. The Hall–Kier alpha value is -1.46. The van der Waals surface area contributed by atoms with Gasteiger partial charge in [0, 0.05) is 5.02 Å². The maximum Gasteiger partial charge on any atom is 0.170 e. The van der Waals surface area contributed by atoms with Crippen LogP contribution in [0.15, 0.2) is 18.2 Å². The van der Waals surface area contributed by atoms with E-state index in [0.717, 1.165) is 11.3 Å². The van der Waals surface area contributed by atoms with Gasteiger partial charge < -0.3 is 5.73 Å². The van der Waals surface area contributed by atoms with Crippen LogP contribution in [0.5, 0.6) is 0 Å². The maximum atomic E-state index is 5.87. The van der Waals surface area contributed by atoms with Crippen molar-refractivity contribution < 1.29 is 0 Å². The van der Waals surface area contributed by atoms with Crippen LogP contribution in [-0.4, -0.2) is 20.2 Å². The summed E-state index contributed by atoms with van der Waals surface area (Å²) in [4.78, 5) is 0. The zero-order chi connectivity index (χ0) is 10.8. The topological polar surface area (TPSA) is 69.6 Å². The first-order valence-electron chi connectivity index (χ1n) is 4.46. The van der Waals surface area contributed by atoms with Crippen LogP contribution in [0.1, 0.15) is 11.4 Å². The zero-order valence-corrected chi connectivity index (χ0v) is 8.94. The molecule has 1 aromatic heterocycles. The van der Waals surface area contributed by atoms with Gasteiger partial charge in [0.1, 0.15) is 0 Å². The summed E-state index contributed by atoms with van der Waals surface area (Å²) in [7, 11) is 0. The van der Waals surface area contributed by atoms with Gasteiger partial charge in [-0.1, -0.05) is 11.6 Å². The molecule has 1 heterocycles. The number of aryl methyl sites for hydroxylation is 1. The lowest BCUT2D eigenvalue weighted by atomic mass is 10.2. The van der Waals surface area contributed by atoms with Gasteiger partial charge in [-0.05, 0) is 41.1 Å². The number of halogens is 1. The quantitative estimate of drug-likeness (QED) is 0.827. The van der Waals surface area contributed by atoms with Gasteiger partial charge in [-0.15, -0.1) is 5.10 Å². The summed E-state index contributed by atoms with van der Waals surface area (Å²) in [6, 6.07) is 5.53. The van der Waals surface area contributed by atoms with E-state index < -0.39 is 0 Å². The molecule has 15 heavy (non-hydrogen) atoms. The third-order valence-corrected chi connectivity index (χ3v) is 2.34. The standard InChI is InChI=1S/C9H10ClN5/c1-6-4-7(10)2-3-8(6)15-9(5-11)12-13-14-15/h2-4H,5,11H2,1H3. The van der Waals surface area contributed by atoms with E-state index in [-0.39, 0.29) is 0 Å². The summed E-state index contributed by atoms with van der Waals surface area (Å²) >= 11 is 5.87. The number of nitrogens with two attached hydrogens (primary N) is 1. The Morgan fingerprint density at radius 1 is 1.47 bits per heavy atom. The van der Waals surface area contributed by atoms with E-state index in [1.165, 1.54) is 0 Å². The van der Waals surface area contributed by atoms with Gasteiger partial charge in [-0.25, -0.2) is 0 Å². The fourth-order valence-corrected chi connectivity index (χ4v) is 1.60. The lowest BCUT2D eigenvalue weighted by molar-refractivity contribution is 0.757. The van der Waals surface area contributed by atoms with Crippen LogP contribution in [0, 0.1) is 6.92 Å². The van der Waals surface area contributed by atoms with Crippen molar-refractivity contribution in [2.75, 3.05) is 0 Å². The summed E-state index contributed by atoms with van der Waals surface area (Å²) in [6.07, 6.45) is 0. The zero-order valence-electron chi connectivity index (χ0n) is 8.18. The van der Waals surface area contributed by atoms with E-state index >= 15 is 0 Å². The van der Waals surface area contributed by atoms with Crippen molar-refractivity contribution in [3.05, 3.63) is 34.6 Å². The lowest BCUT2D eigenvalue weighted by Crippen LogP contribution is -2.09. The molecule has 0 spiro atoms. The van der Waals surface area contributed by atoms with Crippen LogP contribution >= 0.6 is 11.6 Å². The van der Waals surface area contributed by atoms with E-state index in [1.807, 2.05) is 19.1 Å². The number of hydrogen-bond donors (Lipinski definition) is 1. The fourth-order valence-electron chi connectivity index (χ4n) is 1.38. The molecule has 0 saturated carbocycles. The van der Waals surface area contributed by atoms with E-state index in [9.17, 15) is 0 Å². The molecular weight excluding hydrogens is 214 g/mol. The first kappa shape index (κ1) is 10.1. The molecule has 6 heteroatoms. The minimum Gasteiger partial charge on any atom is -0.324 e. The van der Waals surface area contributed by atoms with Crippen LogP contribution < -0.4 is 5.73 Å². The SMILES string of the molecule is Cc1cc(Cl)ccc1-n1nnnc1CN. The average Bonchev–Trinajstić information content (AvgIpc) is 2.65. The Balaban J connectivity index is 2.54. The summed E-state index contributed by atoms with van der Waals surface area (Å²) < 4.78 is 1.62. The largest absolute Gasteiger partial charge is 0.324 e. The third-order valence-electron chi connectivity index (χ3n) is 2.10. The maximum absolute atomic E-state index is 5.87. The molecular formula is C9H10ClN5. The lowest BCUT2D eigenvalue weighted by Gasteiger charge is -2.06. The molecule has 0 amide bonds. The predicted molar refractivity (Wildman–Crippen MR) is 56.8 cm³/mol. The summed E-state index contributed by atoms with van der Waals surface area (Å²) in [5.41, 5.74) is 7.42. The Morgan fingerprint density at radius 3 is 2.93 bits per heavy atom. The van der Waals surface area contributed by atoms with Gasteiger partial charge in [-0.3, -0.25) is 0 Å². The van der Waals surface area contributed by atoms with Crippen LogP contribution in [0.4, 0.5) is 0 Å². The van der Waals surface area contributed by atoms with Gasteiger partial charge >= 0.3 is 0 Å². The normalized spacial score (nSPS) is 10.6. The molecule has 78 valence electrons. The van der Waals surface area contributed by atoms with Crippen LogP contribution in [0.2, 0.25) is 5.02 Å². The Kier molecular flexibility index (Phi) is 2.66. The van der Waals surface area contributed by atoms with Crippen molar-refractivity contribution in [1.29, 1.82) is 0 Å². The second-order valence-electron chi connectivity index (χ2n) is 3.14. The molecule has 0 atom stereocenters. The summed E-state index contributed by atoms with van der Waals surface area (Å²) in [5.74, 6) is 0.625. The molecule has 0 saturated heterocycles. The summed E-state index contributed by atoms with van der Waals surface area (Å²) in [5, 5.41) is 12.0. The first-order chi connectivity index (χ1) is 7.22. The number of hydrogen-bond acceptors (Lipinski definition) is 4. The number of benzene rings is 1. The molecule has 1 aromatic carbocycles. The van der Waals surface area contributed by atoms with Gasteiger partial charge in [0.15, 0.2) is 5.82 Å². The van der Waals surface area contributed by atoms with Gasteiger partial charge in [0.05, 0.1) is 12.2 Å². The molecule has 0 unspecified atom stereocenters. The predicted octanol–water partition coefficient (Wildman–Crippen LogP) is 1.08. The second kappa shape index (κ2) is 3.96. The van der Waals surface area contributed by atoms with Crippen LogP contribution in [-0.2, 0) is 6.54 Å². The van der Waals surface area contributed by atoms with Gasteiger partial charge in [-0.2, -0.15) is 4.68 Å². The minimum absolute atomic E-state index is 0.301. The Morgan fingerprint density at radius 2 is 2.27 bits per heavy atom. The molecule has 2 aromatic rings. The number of rotatable bonds is 2. The van der Waals surface area contributed by atoms with Crippen LogP contribution in [0.25, 0.3) is 5.69 Å². The first-order valence-corrected chi connectivity index (χ1v) is 4.84. The summed E-state index contributed by atoms with van der Waals surface area (Å²) in [6.45, 7) is 2.25. The molecule has 0 aliphatic rings. The molecule has 2 N–H and O–H groups in total. The van der Waals surface area contributed by atoms with Crippen molar-refractivity contribution in [3.8, 4) is 5.69 Å². The van der Waals surface area contributed by atoms with Gasteiger partial charge in [0.25, 0.3) is 0 Å². The fraction of sp³-hybridized carbons (Fsp3) is 0.222. The molecule has 5 nitrogen and oxygen atoms in total. The molecule has 0 aliphatic heterocycles. The monoisotopic (exact) mass is 223 g/mol. The highest BCUT2D eigenvalue weighted by molar-refractivity contribution is 6.30. The van der Waals surface area contributed by atoms with Crippen LogP contribution in [0.3, 0.4) is 0 Å². The Bertz CT molecular complexity index is 479. The second-order valence-corrected chi connectivity index (χ2v) is 3.58. The van der Waals surface area contributed by atoms with Crippen molar-refractivity contribution in [1.82, 2.24) is 20.2 Å². The van der Waals surface area contributed by atoms with E-state index in [2.05, 4.69) is 15.5 Å². The van der Waals surface area contributed by atoms with E-state index in [0.29, 0.717) is 17.4 Å². The molecule has 0 radical (unpaired) electrons. The minimum atomic E-state index is 0.301. The molecule has 0 bridgehead atoms. The number of nitrogens with zero attached hydrogens (tertiary/aromatic N) is 4. The highest BCUT2D eigenvalue weighted by Gasteiger charge is 2.08. The van der Waals surface area contributed by atoms with Gasteiger partial charge in [0.2, 0.25) is 0 Å². The third kappa shape index (κ3) is 1.84. The average molecular weight is 224 g/mol. The number of aromatic nitrogens is 4. The van der Waals surface area contributed by atoms with Crippen molar-refractivity contribution in [2.45, 2.75) is 13.5 Å². The number of tetrazole rings is 1.